The molecule has 0 amide bonds. The standard InChI is InChI=1S/C13H17NO6/c1-14-4-7(15)19-10-5-3-6-9(8(5)12(16)18-2)13(17)20-11(6)10/h5-6,8-11,14H,3-4H2,1-2H3. The van der Waals surface area contributed by atoms with Crippen LogP contribution in [-0.4, -0.2) is 50.8 Å². The van der Waals surface area contributed by atoms with Crippen LogP contribution in [-0.2, 0) is 28.6 Å². The number of carbonyl (C=O) groups is 3. The molecule has 7 heteroatoms. The van der Waals surface area contributed by atoms with E-state index in [1.807, 2.05) is 0 Å². The second-order valence-corrected chi connectivity index (χ2v) is 5.52. The zero-order valence-electron chi connectivity index (χ0n) is 11.3. The van der Waals surface area contributed by atoms with E-state index >= 15 is 0 Å². The lowest BCUT2D eigenvalue weighted by Gasteiger charge is -2.29. The highest BCUT2D eigenvalue weighted by atomic mass is 16.6. The summed E-state index contributed by atoms with van der Waals surface area (Å²) in [6, 6.07) is 0. The van der Waals surface area contributed by atoms with Gasteiger partial charge >= 0.3 is 17.9 Å². The van der Waals surface area contributed by atoms with E-state index in [1.165, 1.54) is 7.11 Å². The van der Waals surface area contributed by atoms with Gasteiger partial charge in [0.25, 0.3) is 0 Å². The third kappa shape index (κ3) is 1.72. The number of nitrogens with one attached hydrogen (secondary N) is 1. The summed E-state index contributed by atoms with van der Waals surface area (Å²) in [5.74, 6) is -2.41. The molecule has 1 heterocycles. The Kier molecular flexibility index (Phi) is 3.16. The lowest BCUT2D eigenvalue weighted by Crippen LogP contribution is -2.44. The Labute approximate surface area is 115 Å². The summed E-state index contributed by atoms with van der Waals surface area (Å²) in [4.78, 5) is 35.4. The van der Waals surface area contributed by atoms with E-state index in [-0.39, 0.29) is 24.3 Å². The van der Waals surface area contributed by atoms with Gasteiger partial charge in [-0.1, -0.05) is 0 Å². The predicted molar refractivity (Wildman–Crippen MR) is 64.3 cm³/mol. The number of esters is 3. The van der Waals surface area contributed by atoms with Crippen molar-refractivity contribution < 1.29 is 28.6 Å². The topological polar surface area (TPSA) is 90.9 Å². The van der Waals surface area contributed by atoms with Crippen molar-refractivity contribution in [3.63, 3.8) is 0 Å². The lowest BCUT2D eigenvalue weighted by atomic mass is 9.78. The fourth-order valence-corrected chi connectivity index (χ4v) is 3.94. The zero-order valence-corrected chi connectivity index (χ0v) is 11.3. The van der Waals surface area contributed by atoms with Crippen LogP contribution in [0.15, 0.2) is 0 Å². The Bertz CT molecular complexity index is 464. The highest BCUT2D eigenvalue weighted by Crippen LogP contribution is 2.58. The largest absolute Gasteiger partial charge is 0.469 e. The van der Waals surface area contributed by atoms with E-state index in [2.05, 4.69) is 5.32 Å². The first-order valence-corrected chi connectivity index (χ1v) is 6.71. The molecule has 0 aromatic rings. The quantitative estimate of drug-likeness (QED) is 0.528. The van der Waals surface area contributed by atoms with E-state index in [4.69, 9.17) is 14.2 Å². The van der Waals surface area contributed by atoms with Gasteiger partial charge in [0.05, 0.1) is 25.5 Å². The van der Waals surface area contributed by atoms with Crippen LogP contribution in [0.5, 0.6) is 0 Å². The molecule has 1 saturated heterocycles. The minimum Gasteiger partial charge on any atom is -0.469 e. The second kappa shape index (κ2) is 4.73. The van der Waals surface area contributed by atoms with Crippen molar-refractivity contribution in [3.05, 3.63) is 0 Å². The van der Waals surface area contributed by atoms with Crippen molar-refractivity contribution in [3.8, 4) is 0 Å². The number of fused-ring (bicyclic) bond motifs is 1. The second-order valence-electron chi connectivity index (χ2n) is 5.52. The third-order valence-electron chi connectivity index (χ3n) is 4.61. The fourth-order valence-electron chi connectivity index (χ4n) is 3.94. The van der Waals surface area contributed by atoms with Gasteiger partial charge in [0, 0.05) is 11.8 Å². The summed E-state index contributed by atoms with van der Waals surface area (Å²) >= 11 is 0. The van der Waals surface area contributed by atoms with Gasteiger partial charge in [-0.2, -0.15) is 0 Å². The molecule has 0 radical (unpaired) electrons. The number of methoxy groups -OCH3 is 1. The molecule has 0 spiro atoms. The number of ether oxygens (including phenoxy) is 3. The molecule has 20 heavy (non-hydrogen) atoms. The Morgan fingerprint density at radius 2 is 2.15 bits per heavy atom. The van der Waals surface area contributed by atoms with Gasteiger partial charge in [-0.25, -0.2) is 0 Å². The van der Waals surface area contributed by atoms with Gasteiger partial charge in [-0.3, -0.25) is 14.4 Å². The van der Waals surface area contributed by atoms with Crippen LogP contribution in [0.3, 0.4) is 0 Å². The summed E-state index contributed by atoms with van der Waals surface area (Å²) in [7, 11) is 2.94. The number of likely N-dealkylation sites (N-methyl/N-ethyl adjacent to an activating group) is 1. The smallest absolute Gasteiger partial charge is 0.320 e. The van der Waals surface area contributed by atoms with Gasteiger partial charge in [0.1, 0.15) is 12.2 Å². The van der Waals surface area contributed by atoms with Gasteiger partial charge in [-0.15, -0.1) is 0 Å². The molecule has 0 aromatic carbocycles. The van der Waals surface area contributed by atoms with E-state index < -0.39 is 36.0 Å². The molecule has 7 nitrogen and oxygen atoms in total. The van der Waals surface area contributed by atoms with E-state index in [9.17, 15) is 14.4 Å². The highest BCUT2D eigenvalue weighted by Gasteiger charge is 2.70. The van der Waals surface area contributed by atoms with Crippen molar-refractivity contribution >= 4 is 17.9 Å². The van der Waals surface area contributed by atoms with E-state index in [0.29, 0.717) is 6.42 Å². The average molecular weight is 283 g/mol. The summed E-state index contributed by atoms with van der Waals surface area (Å²) in [6.45, 7) is 0.0842. The maximum atomic E-state index is 11.9. The molecule has 2 bridgehead atoms. The highest BCUT2D eigenvalue weighted by molar-refractivity contribution is 5.86. The average Bonchev–Trinajstić information content (AvgIpc) is 3.01. The van der Waals surface area contributed by atoms with Crippen LogP contribution < -0.4 is 5.32 Å². The van der Waals surface area contributed by atoms with Crippen LogP contribution in [0.2, 0.25) is 0 Å². The molecule has 6 atom stereocenters. The molecule has 3 aliphatic rings. The molecular weight excluding hydrogens is 266 g/mol. The molecule has 2 aliphatic carbocycles. The van der Waals surface area contributed by atoms with Crippen molar-refractivity contribution in [2.24, 2.45) is 23.7 Å². The van der Waals surface area contributed by atoms with Gasteiger partial charge in [-0.05, 0) is 13.5 Å². The molecule has 3 fully saturated rings. The SMILES string of the molecule is CNCC(=O)OC1C2CC3C1OC(=O)C3C2C(=O)OC. The normalized spacial score (nSPS) is 40.6. The van der Waals surface area contributed by atoms with Crippen LogP contribution in [0.4, 0.5) is 0 Å². The van der Waals surface area contributed by atoms with Crippen molar-refractivity contribution in [1.82, 2.24) is 5.32 Å². The predicted octanol–water partition coefficient (Wildman–Crippen LogP) is -0.902. The molecule has 0 aromatic heterocycles. The van der Waals surface area contributed by atoms with Crippen molar-refractivity contribution in [1.29, 1.82) is 0 Å². The summed E-state index contributed by atoms with van der Waals surface area (Å²) in [5.41, 5.74) is 0. The molecular formula is C13H17NO6. The zero-order chi connectivity index (χ0) is 14.4. The number of rotatable bonds is 4. The molecule has 2 saturated carbocycles. The third-order valence-corrected chi connectivity index (χ3v) is 4.61. The van der Waals surface area contributed by atoms with Gasteiger partial charge < -0.3 is 19.5 Å². The number of hydrogen-bond acceptors (Lipinski definition) is 7. The number of carbonyl (C=O) groups excluding carboxylic acids is 3. The van der Waals surface area contributed by atoms with Crippen LogP contribution in [0.25, 0.3) is 0 Å². The Morgan fingerprint density at radius 1 is 1.40 bits per heavy atom. The minimum absolute atomic E-state index is 0.0380. The van der Waals surface area contributed by atoms with Crippen molar-refractivity contribution in [2.45, 2.75) is 18.6 Å². The molecule has 3 rings (SSSR count). The van der Waals surface area contributed by atoms with E-state index in [1.54, 1.807) is 7.05 Å². The molecule has 1 aliphatic heterocycles. The molecule has 6 unspecified atom stereocenters. The Hall–Kier alpha value is -1.63. The number of hydrogen-bond donors (Lipinski definition) is 1. The van der Waals surface area contributed by atoms with Gasteiger partial charge in [0.2, 0.25) is 0 Å². The summed E-state index contributed by atoms with van der Waals surface area (Å²) < 4.78 is 15.5. The van der Waals surface area contributed by atoms with Crippen molar-refractivity contribution in [2.75, 3.05) is 20.7 Å². The van der Waals surface area contributed by atoms with Crippen LogP contribution in [0, 0.1) is 23.7 Å². The monoisotopic (exact) mass is 283 g/mol. The van der Waals surface area contributed by atoms with Crippen LogP contribution >= 0.6 is 0 Å². The minimum atomic E-state index is -0.552. The summed E-state index contributed by atoms with van der Waals surface area (Å²) in [5, 5.41) is 2.71. The molecule has 1 N–H and O–H groups in total. The maximum absolute atomic E-state index is 11.9. The fraction of sp³-hybridized carbons (Fsp3) is 0.769. The summed E-state index contributed by atoms with van der Waals surface area (Å²) in [6.07, 6.45) is -0.273. The first kappa shape index (κ1) is 13.4. The van der Waals surface area contributed by atoms with Gasteiger partial charge in [0.15, 0.2) is 0 Å². The van der Waals surface area contributed by atoms with E-state index in [0.717, 1.165) is 0 Å². The first-order valence-electron chi connectivity index (χ1n) is 6.71. The first-order chi connectivity index (χ1) is 9.58. The maximum Gasteiger partial charge on any atom is 0.320 e. The lowest BCUT2D eigenvalue weighted by molar-refractivity contribution is -0.164. The molecule has 110 valence electrons. The Morgan fingerprint density at radius 3 is 2.80 bits per heavy atom. The Balaban J connectivity index is 1.82. The van der Waals surface area contributed by atoms with Crippen LogP contribution in [0.1, 0.15) is 6.42 Å².